The van der Waals surface area contributed by atoms with Gasteiger partial charge in [0.15, 0.2) is 0 Å². The van der Waals surface area contributed by atoms with Crippen LogP contribution in [0.4, 0.5) is 0 Å². The molecule has 0 saturated carbocycles. The fourth-order valence-electron chi connectivity index (χ4n) is 0.494. The van der Waals surface area contributed by atoms with Crippen LogP contribution < -0.4 is 0 Å². The molecule has 0 saturated heterocycles. The summed E-state index contributed by atoms with van der Waals surface area (Å²) in [5, 5.41) is 0. The van der Waals surface area contributed by atoms with Crippen LogP contribution in [-0.2, 0) is 9.53 Å². The lowest BCUT2D eigenvalue weighted by molar-refractivity contribution is -0.137. The molecule has 0 aliphatic carbocycles. The minimum Gasteiger partial charge on any atom is -0.463 e. The second-order valence-corrected chi connectivity index (χ2v) is 2.10. The van der Waals surface area contributed by atoms with Gasteiger partial charge in [0, 0.05) is 6.08 Å². The number of esters is 1. The molecule has 62 valence electrons. The summed E-state index contributed by atoms with van der Waals surface area (Å²) >= 11 is 0. The van der Waals surface area contributed by atoms with Crippen LogP contribution in [0, 0.1) is 0 Å². The zero-order chi connectivity index (χ0) is 8.69. The van der Waals surface area contributed by atoms with E-state index in [0.29, 0.717) is 6.61 Å². The molecule has 0 radical (unpaired) electrons. The summed E-state index contributed by atoms with van der Waals surface area (Å²) in [7, 11) is 0. The van der Waals surface area contributed by atoms with E-state index in [0.717, 1.165) is 12.0 Å². The summed E-state index contributed by atoms with van der Waals surface area (Å²) in [5.41, 5.74) is 0.929. The maximum Gasteiger partial charge on any atom is 0.330 e. The van der Waals surface area contributed by atoms with Crippen molar-refractivity contribution in [1.82, 2.24) is 0 Å². The van der Waals surface area contributed by atoms with Crippen molar-refractivity contribution in [3.05, 3.63) is 24.3 Å². The van der Waals surface area contributed by atoms with Crippen LogP contribution in [0.2, 0.25) is 0 Å². The monoisotopic (exact) mass is 154 g/mol. The predicted molar refractivity (Wildman–Crippen MR) is 45.2 cm³/mol. The Labute approximate surface area is 67.6 Å². The van der Waals surface area contributed by atoms with Gasteiger partial charge in [0.2, 0.25) is 0 Å². The molecule has 0 rings (SSSR count). The summed E-state index contributed by atoms with van der Waals surface area (Å²) in [6, 6.07) is 0. The Morgan fingerprint density at radius 2 is 2.09 bits per heavy atom. The van der Waals surface area contributed by atoms with Crippen molar-refractivity contribution in [2.24, 2.45) is 0 Å². The predicted octanol–water partition coefficient (Wildman–Crippen LogP) is 2.07. The van der Waals surface area contributed by atoms with E-state index in [1.54, 1.807) is 13.0 Å². The first-order valence-electron chi connectivity index (χ1n) is 3.73. The largest absolute Gasteiger partial charge is 0.463 e. The number of carbonyl (C=O) groups excluding carboxylic acids is 1. The number of hydrogen-bond acceptors (Lipinski definition) is 2. The second kappa shape index (κ2) is 5.71. The number of hydrogen-bond donors (Lipinski definition) is 0. The Bertz CT molecular complexity index is 168. The average Bonchev–Trinajstić information content (AvgIpc) is 2.01. The number of ether oxygens (including phenoxy) is 1. The first-order chi connectivity index (χ1) is 5.20. The van der Waals surface area contributed by atoms with Gasteiger partial charge < -0.3 is 4.74 Å². The van der Waals surface area contributed by atoms with Crippen molar-refractivity contribution < 1.29 is 9.53 Å². The first kappa shape index (κ1) is 9.95. The maximum absolute atomic E-state index is 10.7. The van der Waals surface area contributed by atoms with E-state index >= 15 is 0 Å². The highest BCUT2D eigenvalue weighted by Gasteiger charge is 1.92. The van der Waals surface area contributed by atoms with Gasteiger partial charge in [0.25, 0.3) is 0 Å². The SMILES string of the molecule is C=C(C=CC(=O)OCC)CC. The fourth-order valence-corrected chi connectivity index (χ4v) is 0.494. The minimum atomic E-state index is -0.304. The van der Waals surface area contributed by atoms with Crippen molar-refractivity contribution in [2.45, 2.75) is 20.3 Å². The van der Waals surface area contributed by atoms with Crippen molar-refractivity contribution >= 4 is 5.97 Å². The van der Waals surface area contributed by atoms with E-state index in [-0.39, 0.29) is 5.97 Å². The van der Waals surface area contributed by atoms with Crippen molar-refractivity contribution in [3.63, 3.8) is 0 Å². The zero-order valence-corrected chi connectivity index (χ0v) is 7.09. The molecule has 0 aromatic carbocycles. The van der Waals surface area contributed by atoms with Crippen LogP contribution in [0.5, 0.6) is 0 Å². The summed E-state index contributed by atoms with van der Waals surface area (Å²) in [4.78, 5) is 10.7. The zero-order valence-electron chi connectivity index (χ0n) is 7.09. The number of rotatable bonds is 4. The van der Waals surface area contributed by atoms with Crippen LogP contribution in [0.3, 0.4) is 0 Å². The quantitative estimate of drug-likeness (QED) is 0.352. The third-order valence-corrected chi connectivity index (χ3v) is 1.20. The Hall–Kier alpha value is -1.05. The Balaban J connectivity index is 3.73. The third kappa shape index (κ3) is 5.40. The van der Waals surface area contributed by atoms with Gasteiger partial charge in [-0.25, -0.2) is 4.79 Å². The molecule has 0 atom stereocenters. The van der Waals surface area contributed by atoms with E-state index in [1.807, 2.05) is 6.92 Å². The van der Waals surface area contributed by atoms with Crippen molar-refractivity contribution in [3.8, 4) is 0 Å². The van der Waals surface area contributed by atoms with Crippen LogP contribution in [0.1, 0.15) is 20.3 Å². The molecular weight excluding hydrogens is 140 g/mol. The molecule has 11 heavy (non-hydrogen) atoms. The van der Waals surface area contributed by atoms with E-state index in [4.69, 9.17) is 0 Å². The summed E-state index contributed by atoms with van der Waals surface area (Å²) < 4.78 is 4.67. The van der Waals surface area contributed by atoms with Crippen LogP contribution in [0.25, 0.3) is 0 Å². The van der Waals surface area contributed by atoms with Crippen LogP contribution >= 0.6 is 0 Å². The first-order valence-corrected chi connectivity index (χ1v) is 3.73. The maximum atomic E-state index is 10.7. The summed E-state index contributed by atoms with van der Waals surface area (Å²) in [6.45, 7) is 7.89. The molecule has 0 spiro atoms. The highest BCUT2D eigenvalue weighted by molar-refractivity contribution is 5.82. The van der Waals surface area contributed by atoms with Gasteiger partial charge in [-0.3, -0.25) is 0 Å². The molecule has 0 heterocycles. The fraction of sp³-hybridized carbons (Fsp3) is 0.444. The molecule has 0 unspecified atom stereocenters. The van der Waals surface area contributed by atoms with E-state index in [9.17, 15) is 4.79 Å². The molecule has 2 heteroatoms. The molecule has 2 nitrogen and oxygen atoms in total. The molecule has 0 N–H and O–H groups in total. The number of carbonyl (C=O) groups is 1. The standard InChI is InChI=1S/C9H14O2/c1-4-8(3)6-7-9(10)11-5-2/h6-7H,3-5H2,1-2H3. The molecule has 0 amide bonds. The van der Waals surface area contributed by atoms with Crippen molar-refractivity contribution in [2.75, 3.05) is 6.61 Å². The number of allylic oxidation sites excluding steroid dienone is 2. The highest BCUT2D eigenvalue weighted by atomic mass is 16.5. The molecule has 0 bridgehead atoms. The Kier molecular flexibility index (Phi) is 5.17. The van der Waals surface area contributed by atoms with E-state index in [2.05, 4.69) is 11.3 Å². The smallest absolute Gasteiger partial charge is 0.330 e. The molecule has 0 aromatic rings. The topological polar surface area (TPSA) is 26.3 Å². The average molecular weight is 154 g/mol. The van der Waals surface area contributed by atoms with Gasteiger partial charge in [0.1, 0.15) is 0 Å². The second-order valence-electron chi connectivity index (χ2n) is 2.10. The third-order valence-electron chi connectivity index (χ3n) is 1.20. The lowest BCUT2D eigenvalue weighted by atomic mass is 10.2. The Morgan fingerprint density at radius 3 is 2.55 bits per heavy atom. The molecule has 0 aliphatic heterocycles. The molecular formula is C9H14O2. The van der Waals surface area contributed by atoms with E-state index in [1.165, 1.54) is 6.08 Å². The van der Waals surface area contributed by atoms with Gasteiger partial charge >= 0.3 is 5.97 Å². The van der Waals surface area contributed by atoms with E-state index < -0.39 is 0 Å². The van der Waals surface area contributed by atoms with Gasteiger partial charge in [-0.15, -0.1) is 0 Å². The van der Waals surface area contributed by atoms with Gasteiger partial charge in [0.05, 0.1) is 6.61 Å². The molecule has 0 aliphatic rings. The minimum absolute atomic E-state index is 0.304. The van der Waals surface area contributed by atoms with Gasteiger partial charge in [-0.05, 0) is 13.3 Å². The lowest BCUT2D eigenvalue weighted by Gasteiger charge is -1.94. The normalized spacial score (nSPS) is 10.0. The summed E-state index contributed by atoms with van der Waals surface area (Å²) in [5.74, 6) is -0.304. The Morgan fingerprint density at radius 1 is 1.45 bits per heavy atom. The molecule has 0 aromatic heterocycles. The van der Waals surface area contributed by atoms with Crippen molar-refractivity contribution in [1.29, 1.82) is 0 Å². The summed E-state index contributed by atoms with van der Waals surface area (Å²) in [6.07, 6.45) is 3.93. The van der Waals surface area contributed by atoms with Crippen LogP contribution in [0.15, 0.2) is 24.3 Å². The van der Waals surface area contributed by atoms with Crippen LogP contribution in [-0.4, -0.2) is 12.6 Å². The van der Waals surface area contributed by atoms with Gasteiger partial charge in [-0.1, -0.05) is 25.2 Å². The van der Waals surface area contributed by atoms with Gasteiger partial charge in [-0.2, -0.15) is 0 Å². The highest BCUT2D eigenvalue weighted by Crippen LogP contribution is 1.97. The lowest BCUT2D eigenvalue weighted by Crippen LogP contribution is -1.98. The molecule has 0 fully saturated rings.